The molecule has 0 saturated carbocycles. The second kappa shape index (κ2) is 4.94. The van der Waals surface area contributed by atoms with E-state index in [9.17, 15) is 9.59 Å². The van der Waals surface area contributed by atoms with Crippen molar-refractivity contribution in [3.8, 4) is 0 Å². The Labute approximate surface area is 120 Å². The van der Waals surface area contributed by atoms with E-state index in [2.05, 4.69) is 0 Å². The molecule has 0 aliphatic heterocycles. The molecule has 1 heterocycles. The van der Waals surface area contributed by atoms with Gasteiger partial charge in [-0.25, -0.2) is 0 Å². The maximum Gasteiger partial charge on any atom is 0.262 e. The molecule has 0 bridgehead atoms. The minimum Gasteiger partial charge on any atom is -0.298 e. The van der Waals surface area contributed by atoms with Gasteiger partial charge in [-0.1, -0.05) is 35.9 Å². The highest BCUT2D eigenvalue weighted by Gasteiger charge is 2.16. The summed E-state index contributed by atoms with van der Waals surface area (Å²) in [6.07, 6.45) is 2.24. The fourth-order valence-electron chi connectivity index (χ4n) is 2.25. The van der Waals surface area contributed by atoms with Crippen LogP contribution >= 0.6 is 11.6 Å². The van der Waals surface area contributed by atoms with E-state index >= 15 is 0 Å². The van der Waals surface area contributed by atoms with Crippen LogP contribution in [0.25, 0.3) is 10.9 Å². The molecule has 1 aromatic heterocycles. The van der Waals surface area contributed by atoms with Crippen LogP contribution in [0.4, 0.5) is 0 Å². The third-order valence-electron chi connectivity index (χ3n) is 3.17. The summed E-state index contributed by atoms with van der Waals surface area (Å²) in [6.45, 7) is 0. The molecule has 0 amide bonds. The third kappa shape index (κ3) is 1.92. The number of rotatable bonds is 2. The molecule has 0 aliphatic rings. The largest absolute Gasteiger partial charge is 0.298 e. The van der Waals surface area contributed by atoms with E-state index in [1.54, 1.807) is 42.5 Å². The molecule has 0 atom stereocenters. The number of hydrogen-bond donors (Lipinski definition) is 0. The van der Waals surface area contributed by atoms with Gasteiger partial charge >= 0.3 is 0 Å². The number of nitrogens with zero attached hydrogens (tertiary/aromatic N) is 1. The molecule has 0 N–H and O–H groups in total. The van der Waals surface area contributed by atoms with Gasteiger partial charge in [0, 0.05) is 22.7 Å². The second-order valence-electron chi connectivity index (χ2n) is 4.38. The Morgan fingerprint density at radius 1 is 1.05 bits per heavy atom. The normalized spacial score (nSPS) is 10.7. The molecule has 0 aliphatic carbocycles. The number of aldehydes is 1. The predicted molar refractivity (Wildman–Crippen MR) is 78.5 cm³/mol. The molecule has 98 valence electrons. The van der Waals surface area contributed by atoms with Gasteiger partial charge in [0.15, 0.2) is 6.29 Å². The summed E-state index contributed by atoms with van der Waals surface area (Å²) in [6, 6.07) is 14.1. The van der Waals surface area contributed by atoms with Crippen LogP contribution in [0.15, 0.2) is 54.7 Å². The van der Waals surface area contributed by atoms with Crippen LogP contribution in [0.2, 0.25) is 5.02 Å². The quantitative estimate of drug-likeness (QED) is 0.671. The van der Waals surface area contributed by atoms with Crippen LogP contribution < -0.4 is 0 Å². The Balaban J connectivity index is 2.25. The highest BCUT2D eigenvalue weighted by molar-refractivity contribution is 6.36. The smallest absolute Gasteiger partial charge is 0.262 e. The first-order valence-electron chi connectivity index (χ1n) is 6.07. The zero-order chi connectivity index (χ0) is 14.1. The maximum atomic E-state index is 12.5. The summed E-state index contributed by atoms with van der Waals surface area (Å²) in [5, 5.41) is 1.07. The van der Waals surface area contributed by atoms with Crippen LogP contribution in [0.1, 0.15) is 20.7 Å². The standard InChI is InChI=1S/C16H10ClNO2/c17-13-7-4-8-14-15(13)12(10-19)9-18(14)16(20)11-5-2-1-3-6-11/h1-10H. The molecule has 0 saturated heterocycles. The van der Waals surface area contributed by atoms with E-state index < -0.39 is 0 Å². The highest BCUT2D eigenvalue weighted by Crippen LogP contribution is 2.28. The zero-order valence-electron chi connectivity index (χ0n) is 10.4. The zero-order valence-corrected chi connectivity index (χ0v) is 11.2. The predicted octanol–water partition coefficient (Wildman–Crippen LogP) is 3.80. The van der Waals surface area contributed by atoms with Gasteiger partial charge in [0.1, 0.15) is 0 Å². The number of benzene rings is 2. The van der Waals surface area contributed by atoms with Crippen molar-refractivity contribution in [2.75, 3.05) is 0 Å². The van der Waals surface area contributed by atoms with Crippen molar-refractivity contribution in [1.82, 2.24) is 4.57 Å². The van der Waals surface area contributed by atoms with E-state index in [4.69, 9.17) is 11.6 Å². The van der Waals surface area contributed by atoms with Crippen molar-refractivity contribution in [2.24, 2.45) is 0 Å². The summed E-state index contributed by atoms with van der Waals surface area (Å²) in [5.41, 5.74) is 1.60. The molecular formula is C16H10ClNO2. The first-order valence-corrected chi connectivity index (χ1v) is 6.44. The van der Waals surface area contributed by atoms with Gasteiger partial charge in [-0.15, -0.1) is 0 Å². The van der Waals surface area contributed by atoms with Crippen molar-refractivity contribution in [3.63, 3.8) is 0 Å². The number of hydrogen-bond acceptors (Lipinski definition) is 2. The lowest BCUT2D eigenvalue weighted by Crippen LogP contribution is -2.10. The fourth-order valence-corrected chi connectivity index (χ4v) is 2.53. The highest BCUT2D eigenvalue weighted by atomic mass is 35.5. The minimum atomic E-state index is -0.189. The number of halogens is 1. The molecule has 3 aromatic rings. The SMILES string of the molecule is O=Cc1cn(C(=O)c2ccccc2)c2cccc(Cl)c12. The molecule has 3 rings (SSSR count). The van der Waals surface area contributed by atoms with Crippen LogP contribution in [0.5, 0.6) is 0 Å². The number of carbonyl (C=O) groups is 2. The monoisotopic (exact) mass is 283 g/mol. The van der Waals surface area contributed by atoms with Crippen LogP contribution in [-0.4, -0.2) is 16.8 Å². The van der Waals surface area contributed by atoms with Crippen molar-refractivity contribution in [3.05, 3.63) is 70.9 Å². The molecule has 0 unspecified atom stereocenters. The Hall–Kier alpha value is -2.39. The third-order valence-corrected chi connectivity index (χ3v) is 3.49. The van der Waals surface area contributed by atoms with Crippen LogP contribution in [0, 0.1) is 0 Å². The Kier molecular flexibility index (Phi) is 3.12. The van der Waals surface area contributed by atoms with Gasteiger partial charge in [0.05, 0.1) is 10.5 Å². The van der Waals surface area contributed by atoms with Gasteiger partial charge in [-0.05, 0) is 24.3 Å². The number of carbonyl (C=O) groups excluding carboxylic acids is 2. The first-order chi connectivity index (χ1) is 9.72. The van der Waals surface area contributed by atoms with E-state index in [-0.39, 0.29) is 5.91 Å². The summed E-state index contributed by atoms with van der Waals surface area (Å²) in [4.78, 5) is 23.7. The minimum absolute atomic E-state index is 0.189. The van der Waals surface area contributed by atoms with Gasteiger partial charge < -0.3 is 0 Å². The molecule has 20 heavy (non-hydrogen) atoms. The summed E-state index contributed by atoms with van der Waals surface area (Å²) in [5.74, 6) is -0.189. The van der Waals surface area contributed by atoms with Gasteiger partial charge in [-0.2, -0.15) is 0 Å². The average molecular weight is 284 g/mol. The topological polar surface area (TPSA) is 39.1 Å². The van der Waals surface area contributed by atoms with Crippen LogP contribution in [0.3, 0.4) is 0 Å². The average Bonchev–Trinajstić information content (AvgIpc) is 2.87. The lowest BCUT2D eigenvalue weighted by Gasteiger charge is -2.04. The molecule has 0 radical (unpaired) electrons. The molecule has 0 spiro atoms. The van der Waals surface area contributed by atoms with Gasteiger partial charge in [0.25, 0.3) is 5.91 Å². The Morgan fingerprint density at radius 3 is 2.50 bits per heavy atom. The van der Waals surface area contributed by atoms with Crippen molar-refractivity contribution >= 4 is 34.7 Å². The van der Waals surface area contributed by atoms with E-state index in [1.165, 1.54) is 10.8 Å². The van der Waals surface area contributed by atoms with Crippen molar-refractivity contribution in [1.29, 1.82) is 0 Å². The molecular weight excluding hydrogens is 274 g/mol. The molecule has 0 fully saturated rings. The second-order valence-corrected chi connectivity index (χ2v) is 4.78. The Bertz CT molecular complexity index is 806. The first kappa shape index (κ1) is 12.6. The summed E-state index contributed by atoms with van der Waals surface area (Å²) < 4.78 is 1.46. The van der Waals surface area contributed by atoms with E-state index in [0.717, 1.165) is 0 Å². The summed E-state index contributed by atoms with van der Waals surface area (Å²) >= 11 is 6.12. The van der Waals surface area contributed by atoms with Crippen molar-refractivity contribution < 1.29 is 9.59 Å². The van der Waals surface area contributed by atoms with Gasteiger partial charge in [-0.3, -0.25) is 14.2 Å². The van der Waals surface area contributed by atoms with Crippen LogP contribution in [-0.2, 0) is 0 Å². The summed E-state index contributed by atoms with van der Waals surface area (Å²) in [7, 11) is 0. The Morgan fingerprint density at radius 2 is 1.80 bits per heavy atom. The lowest BCUT2D eigenvalue weighted by atomic mass is 10.2. The maximum absolute atomic E-state index is 12.5. The molecule has 3 nitrogen and oxygen atoms in total. The van der Waals surface area contributed by atoms with Gasteiger partial charge in [0.2, 0.25) is 0 Å². The lowest BCUT2D eigenvalue weighted by molar-refractivity contribution is 0.0965. The van der Waals surface area contributed by atoms with E-state index in [0.29, 0.717) is 33.3 Å². The number of aromatic nitrogens is 1. The van der Waals surface area contributed by atoms with Crippen molar-refractivity contribution in [2.45, 2.75) is 0 Å². The fraction of sp³-hybridized carbons (Fsp3) is 0. The molecule has 4 heteroatoms. The van der Waals surface area contributed by atoms with E-state index in [1.807, 2.05) is 6.07 Å². The number of fused-ring (bicyclic) bond motifs is 1. The molecule has 2 aromatic carbocycles.